The van der Waals surface area contributed by atoms with Gasteiger partial charge in [-0.15, -0.1) is 0 Å². The number of hydrogen-bond acceptors (Lipinski definition) is 1. The minimum atomic E-state index is 0.0608. The Labute approximate surface area is 121 Å². The number of aryl methyl sites for hydroxylation is 1. The molecular weight excluding hydrogens is 304 g/mol. The Morgan fingerprint density at radius 2 is 2.11 bits per heavy atom. The van der Waals surface area contributed by atoms with Crippen molar-refractivity contribution < 1.29 is 4.79 Å². The van der Waals surface area contributed by atoms with Gasteiger partial charge in [0.25, 0.3) is 5.91 Å². The Bertz CT molecular complexity index is 647. The van der Waals surface area contributed by atoms with Crippen LogP contribution in [0.1, 0.15) is 23.0 Å². The van der Waals surface area contributed by atoms with Crippen LogP contribution in [0.15, 0.2) is 41.0 Å². The van der Waals surface area contributed by atoms with E-state index in [1.165, 1.54) is 5.56 Å². The van der Waals surface area contributed by atoms with Gasteiger partial charge in [-0.3, -0.25) is 4.79 Å². The highest BCUT2D eigenvalue weighted by Gasteiger charge is 2.32. The number of anilines is 1. The molecule has 4 heteroatoms. The van der Waals surface area contributed by atoms with E-state index in [0.717, 1.165) is 16.6 Å². The molecule has 3 rings (SSSR count). The number of amides is 1. The van der Waals surface area contributed by atoms with Crippen molar-refractivity contribution in [1.29, 1.82) is 0 Å². The molecular formula is C15H15BrN2O. The van der Waals surface area contributed by atoms with E-state index < -0.39 is 0 Å². The van der Waals surface area contributed by atoms with Gasteiger partial charge in [0.2, 0.25) is 0 Å². The molecule has 1 aliphatic heterocycles. The van der Waals surface area contributed by atoms with Crippen LogP contribution in [0, 0.1) is 0 Å². The number of aromatic nitrogens is 1. The number of carbonyl (C=O) groups excluding carboxylic acids is 1. The van der Waals surface area contributed by atoms with Crippen LogP contribution in [0.5, 0.6) is 0 Å². The molecule has 1 aliphatic rings. The molecule has 1 aromatic carbocycles. The predicted octanol–water partition coefficient (Wildman–Crippen LogP) is 3.38. The predicted molar refractivity (Wildman–Crippen MR) is 79.5 cm³/mol. The van der Waals surface area contributed by atoms with Gasteiger partial charge in [-0.05, 0) is 47.0 Å². The Morgan fingerprint density at radius 1 is 1.37 bits per heavy atom. The molecule has 0 N–H and O–H groups in total. The molecule has 0 saturated carbocycles. The number of benzene rings is 1. The van der Waals surface area contributed by atoms with E-state index in [9.17, 15) is 4.79 Å². The van der Waals surface area contributed by atoms with E-state index in [2.05, 4.69) is 28.9 Å². The molecule has 0 spiro atoms. The minimum Gasteiger partial charge on any atom is -0.345 e. The van der Waals surface area contributed by atoms with Crippen molar-refractivity contribution in [3.8, 4) is 0 Å². The second-order valence-electron chi connectivity index (χ2n) is 5.01. The van der Waals surface area contributed by atoms with E-state index >= 15 is 0 Å². The number of hydrogen-bond donors (Lipinski definition) is 0. The van der Waals surface area contributed by atoms with E-state index in [4.69, 9.17) is 0 Å². The lowest BCUT2D eigenvalue weighted by atomic mass is 10.1. The van der Waals surface area contributed by atoms with Gasteiger partial charge in [-0.25, -0.2) is 0 Å². The van der Waals surface area contributed by atoms with Gasteiger partial charge >= 0.3 is 0 Å². The zero-order chi connectivity index (χ0) is 13.6. The smallest absolute Gasteiger partial charge is 0.275 e. The van der Waals surface area contributed by atoms with Gasteiger partial charge in [-0.1, -0.05) is 18.2 Å². The van der Waals surface area contributed by atoms with Crippen molar-refractivity contribution in [3.05, 3.63) is 52.3 Å². The summed E-state index contributed by atoms with van der Waals surface area (Å²) in [7, 11) is 1.89. The first-order chi connectivity index (χ1) is 9.08. The van der Waals surface area contributed by atoms with Crippen molar-refractivity contribution >= 4 is 27.5 Å². The summed E-state index contributed by atoms with van der Waals surface area (Å²) in [5, 5.41) is 0. The largest absolute Gasteiger partial charge is 0.345 e. The maximum absolute atomic E-state index is 12.7. The van der Waals surface area contributed by atoms with E-state index in [-0.39, 0.29) is 11.9 Å². The Balaban J connectivity index is 2.03. The summed E-state index contributed by atoms with van der Waals surface area (Å²) in [6.45, 7) is 2.09. The summed E-state index contributed by atoms with van der Waals surface area (Å²) in [6, 6.07) is 10.2. The highest BCUT2D eigenvalue weighted by atomic mass is 79.9. The molecule has 0 saturated heterocycles. The number of para-hydroxylation sites is 1. The van der Waals surface area contributed by atoms with Crippen LogP contribution in [0.3, 0.4) is 0 Å². The third kappa shape index (κ3) is 2.00. The second-order valence-corrected chi connectivity index (χ2v) is 5.93. The number of fused-ring (bicyclic) bond motifs is 1. The molecule has 1 atom stereocenters. The molecule has 2 heterocycles. The second kappa shape index (κ2) is 4.53. The lowest BCUT2D eigenvalue weighted by Crippen LogP contribution is -2.36. The number of rotatable bonds is 1. The van der Waals surface area contributed by atoms with E-state index in [1.807, 2.05) is 47.0 Å². The molecule has 3 nitrogen and oxygen atoms in total. The summed E-state index contributed by atoms with van der Waals surface area (Å²) in [5.41, 5.74) is 2.99. The minimum absolute atomic E-state index is 0.0608. The fourth-order valence-corrected chi connectivity index (χ4v) is 3.26. The van der Waals surface area contributed by atoms with Crippen molar-refractivity contribution in [2.24, 2.45) is 7.05 Å². The molecule has 0 aliphatic carbocycles. The van der Waals surface area contributed by atoms with Gasteiger partial charge in [0.15, 0.2) is 0 Å². The monoisotopic (exact) mass is 318 g/mol. The zero-order valence-electron chi connectivity index (χ0n) is 10.9. The topological polar surface area (TPSA) is 25.2 Å². The first kappa shape index (κ1) is 12.5. The van der Waals surface area contributed by atoms with Crippen LogP contribution in [0.2, 0.25) is 0 Å². The standard InChI is InChI=1S/C15H15BrN2O/c1-10-7-11-5-3-4-6-13(11)18(10)15(19)14-8-12(16)9-17(14)2/h3-6,8-10H,7H2,1-2H3. The van der Waals surface area contributed by atoms with Crippen molar-refractivity contribution in [3.63, 3.8) is 0 Å². The van der Waals surface area contributed by atoms with Crippen LogP contribution >= 0.6 is 15.9 Å². The summed E-state index contributed by atoms with van der Waals surface area (Å²) < 4.78 is 2.79. The molecule has 1 unspecified atom stereocenters. The van der Waals surface area contributed by atoms with E-state index in [1.54, 1.807) is 0 Å². The Kier molecular flexibility index (Phi) is 2.97. The normalized spacial score (nSPS) is 17.6. The lowest BCUT2D eigenvalue weighted by Gasteiger charge is -2.22. The van der Waals surface area contributed by atoms with Crippen molar-refractivity contribution in [2.75, 3.05) is 4.90 Å². The summed E-state index contributed by atoms with van der Waals surface area (Å²) in [5.74, 6) is 0.0608. The zero-order valence-corrected chi connectivity index (χ0v) is 12.5. The molecule has 1 aromatic heterocycles. The molecule has 0 fully saturated rings. The van der Waals surface area contributed by atoms with Gasteiger partial charge in [0.05, 0.1) is 0 Å². The fourth-order valence-electron chi connectivity index (χ4n) is 2.74. The average molecular weight is 319 g/mol. The summed E-state index contributed by atoms with van der Waals surface area (Å²) >= 11 is 3.42. The average Bonchev–Trinajstić information content (AvgIpc) is 2.87. The Hall–Kier alpha value is -1.55. The maximum atomic E-state index is 12.7. The summed E-state index contributed by atoms with van der Waals surface area (Å²) in [4.78, 5) is 14.6. The first-order valence-corrected chi connectivity index (χ1v) is 7.10. The van der Waals surface area contributed by atoms with Crippen molar-refractivity contribution in [1.82, 2.24) is 4.57 Å². The van der Waals surface area contributed by atoms with Crippen molar-refractivity contribution in [2.45, 2.75) is 19.4 Å². The molecule has 0 bridgehead atoms. The van der Waals surface area contributed by atoms with Crippen LogP contribution < -0.4 is 4.90 Å². The lowest BCUT2D eigenvalue weighted by molar-refractivity contribution is 0.0973. The van der Waals surface area contributed by atoms with Gasteiger partial charge in [0.1, 0.15) is 5.69 Å². The van der Waals surface area contributed by atoms with Gasteiger partial charge < -0.3 is 9.47 Å². The van der Waals surface area contributed by atoms with Crippen LogP contribution in [-0.2, 0) is 13.5 Å². The maximum Gasteiger partial charge on any atom is 0.275 e. The third-order valence-corrected chi connectivity index (χ3v) is 4.05. The highest BCUT2D eigenvalue weighted by Crippen LogP contribution is 2.33. The Morgan fingerprint density at radius 3 is 2.79 bits per heavy atom. The van der Waals surface area contributed by atoms with Crippen LogP contribution in [-0.4, -0.2) is 16.5 Å². The summed E-state index contributed by atoms with van der Waals surface area (Å²) in [6.07, 6.45) is 2.83. The first-order valence-electron chi connectivity index (χ1n) is 6.31. The van der Waals surface area contributed by atoms with Gasteiger partial charge in [0, 0.05) is 29.4 Å². The third-order valence-electron chi connectivity index (χ3n) is 3.62. The molecule has 0 radical (unpaired) electrons. The molecule has 98 valence electrons. The van der Waals surface area contributed by atoms with Crippen LogP contribution in [0.4, 0.5) is 5.69 Å². The SMILES string of the molecule is CC1Cc2ccccc2N1C(=O)c1cc(Br)cn1C. The highest BCUT2D eigenvalue weighted by molar-refractivity contribution is 9.10. The number of nitrogens with zero attached hydrogens (tertiary/aromatic N) is 2. The quantitative estimate of drug-likeness (QED) is 0.791. The van der Waals surface area contributed by atoms with E-state index in [0.29, 0.717) is 5.69 Å². The molecule has 2 aromatic rings. The fraction of sp³-hybridized carbons (Fsp3) is 0.267. The number of halogens is 1. The molecule has 1 amide bonds. The van der Waals surface area contributed by atoms with Crippen LogP contribution in [0.25, 0.3) is 0 Å². The number of carbonyl (C=O) groups is 1. The molecule has 19 heavy (non-hydrogen) atoms. The van der Waals surface area contributed by atoms with Gasteiger partial charge in [-0.2, -0.15) is 0 Å².